The second-order valence-corrected chi connectivity index (χ2v) is 13.9. The van der Waals surface area contributed by atoms with Crippen LogP contribution in [0.2, 0.25) is 0 Å². The molecule has 4 rings (SSSR count). The van der Waals surface area contributed by atoms with Crippen molar-refractivity contribution in [3.63, 3.8) is 0 Å². The number of nitrogens with zero attached hydrogens (tertiary/aromatic N) is 1. The van der Waals surface area contributed by atoms with Crippen molar-refractivity contribution >= 4 is 35.5 Å². The predicted molar refractivity (Wildman–Crippen MR) is 171 cm³/mol. The second kappa shape index (κ2) is 18.7. The fourth-order valence-corrected chi connectivity index (χ4v) is 4.98. The van der Waals surface area contributed by atoms with Crippen LogP contribution in [0.1, 0.15) is 118 Å². The van der Waals surface area contributed by atoms with E-state index in [0.717, 1.165) is 32.1 Å². The van der Waals surface area contributed by atoms with Crippen LogP contribution in [0.4, 0.5) is 4.79 Å². The van der Waals surface area contributed by atoms with Crippen molar-refractivity contribution in [2.45, 2.75) is 136 Å². The Morgan fingerprint density at radius 1 is 0.844 bits per heavy atom. The first-order chi connectivity index (χ1) is 21.3. The number of Topliss-reactive ketones (excluding diaryl/α,β-unsaturated/α-hetero) is 1. The van der Waals surface area contributed by atoms with Gasteiger partial charge in [-0.15, -0.1) is 0 Å². The lowest BCUT2D eigenvalue weighted by Gasteiger charge is -2.35. The fourth-order valence-electron chi connectivity index (χ4n) is 4.98. The normalized spacial score (nSPS) is 20.3. The zero-order valence-electron chi connectivity index (χ0n) is 28.1. The number of carbonyl (C=O) groups excluding carboxylic acids is 6. The van der Waals surface area contributed by atoms with Crippen LogP contribution in [0.15, 0.2) is 0 Å². The van der Waals surface area contributed by atoms with Crippen LogP contribution in [0.3, 0.4) is 0 Å². The van der Waals surface area contributed by atoms with E-state index in [4.69, 9.17) is 10.5 Å². The Bertz CT molecular complexity index is 1010. The maximum atomic E-state index is 13.6. The first-order valence-electron chi connectivity index (χ1n) is 16.9. The molecular weight excluding hydrogens is 578 g/mol. The third-order valence-corrected chi connectivity index (χ3v) is 8.47. The highest BCUT2D eigenvalue weighted by molar-refractivity contribution is 6.37. The van der Waals surface area contributed by atoms with E-state index in [1.165, 1.54) is 37.0 Å². The molecule has 5 N–H and O–H groups in total. The number of rotatable bonds is 12. The van der Waals surface area contributed by atoms with E-state index in [1.807, 2.05) is 0 Å². The molecule has 256 valence electrons. The van der Waals surface area contributed by atoms with Crippen molar-refractivity contribution in [1.82, 2.24) is 20.9 Å². The number of ether oxygens (including phenoxy) is 1. The Morgan fingerprint density at radius 3 is 1.91 bits per heavy atom. The maximum Gasteiger partial charge on any atom is 0.325 e. The smallest absolute Gasteiger partial charge is 0.325 e. The van der Waals surface area contributed by atoms with Crippen molar-refractivity contribution in [1.29, 1.82) is 0 Å². The number of nitrogens with two attached hydrogens (primary N) is 1. The van der Waals surface area contributed by atoms with Crippen molar-refractivity contribution in [2.24, 2.45) is 23.0 Å². The number of hydrogen-bond donors (Lipinski definition) is 4. The Hall–Kier alpha value is -3.18. The largest absolute Gasteiger partial charge is 0.464 e. The topological polar surface area (TPSA) is 177 Å². The standard InChI is InChI=1S/C26H41N5O7.C4H8.C3H8/c1-26(2,3)21(30-25(37)28-13-19(32)38-14-16-6-4-7-16)24(36)31-11-5-8-18(31)23(35)29-17(12-15-9-10-15)20(33)22(27)34;1-2-4-3-1;1-3-2/h15-18,21H,4-14H2,1-3H3,(H2,27,34)(H,29,35)(H2,28,30,37);1-4H2;3H2,1-2H3. The molecule has 0 spiro atoms. The van der Waals surface area contributed by atoms with Crippen LogP contribution >= 0.6 is 0 Å². The summed E-state index contributed by atoms with van der Waals surface area (Å²) in [6.07, 6.45) is 13.6. The van der Waals surface area contributed by atoms with Gasteiger partial charge in [0.15, 0.2) is 0 Å². The van der Waals surface area contributed by atoms with Gasteiger partial charge in [0.25, 0.3) is 5.91 Å². The molecule has 0 bridgehead atoms. The van der Waals surface area contributed by atoms with Gasteiger partial charge in [-0.25, -0.2) is 4.79 Å². The molecule has 1 aliphatic heterocycles. The molecule has 3 atom stereocenters. The molecule has 3 aliphatic carbocycles. The van der Waals surface area contributed by atoms with Crippen LogP contribution in [-0.4, -0.2) is 78.2 Å². The molecule has 45 heavy (non-hydrogen) atoms. The average molecular weight is 636 g/mol. The quantitative estimate of drug-likeness (QED) is 0.188. The molecular formula is C33H57N5O7. The zero-order valence-corrected chi connectivity index (χ0v) is 28.1. The SMILES string of the molecule is C1CCC1.CC(C)(C)C(NC(=O)NCC(=O)OCC1CCC1)C(=O)N1CCCC1C(=O)NC(CC1CC1)C(=O)C(N)=O.CCC. The van der Waals surface area contributed by atoms with E-state index in [2.05, 4.69) is 29.8 Å². The van der Waals surface area contributed by atoms with Gasteiger partial charge in [0.05, 0.1) is 12.6 Å². The highest BCUT2D eigenvalue weighted by atomic mass is 16.5. The lowest BCUT2D eigenvalue weighted by atomic mass is 9.85. The van der Waals surface area contributed by atoms with Gasteiger partial charge in [0.1, 0.15) is 18.6 Å². The van der Waals surface area contributed by atoms with E-state index >= 15 is 0 Å². The summed E-state index contributed by atoms with van der Waals surface area (Å²) in [6, 6.07) is -3.55. The minimum Gasteiger partial charge on any atom is -0.464 e. The summed E-state index contributed by atoms with van der Waals surface area (Å²) in [6.45, 7) is 9.92. The number of hydrogen-bond acceptors (Lipinski definition) is 7. The summed E-state index contributed by atoms with van der Waals surface area (Å²) < 4.78 is 5.17. The van der Waals surface area contributed by atoms with Crippen molar-refractivity contribution in [2.75, 3.05) is 19.7 Å². The maximum absolute atomic E-state index is 13.6. The van der Waals surface area contributed by atoms with Gasteiger partial charge >= 0.3 is 12.0 Å². The zero-order chi connectivity index (χ0) is 33.6. The number of ketones is 1. The molecule has 0 aromatic heterocycles. The number of nitrogens with one attached hydrogen (secondary N) is 3. The summed E-state index contributed by atoms with van der Waals surface area (Å²) in [7, 11) is 0. The van der Waals surface area contributed by atoms with Crippen LogP contribution in [0, 0.1) is 17.3 Å². The number of amides is 5. The van der Waals surface area contributed by atoms with Crippen LogP contribution in [0.25, 0.3) is 0 Å². The Kier molecular flexibility index (Phi) is 15.8. The number of carbonyl (C=O) groups is 6. The monoisotopic (exact) mass is 635 g/mol. The van der Waals surface area contributed by atoms with E-state index in [0.29, 0.717) is 38.3 Å². The molecule has 3 saturated carbocycles. The van der Waals surface area contributed by atoms with E-state index in [-0.39, 0.29) is 12.5 Å². The minimum atomic E-state index is -1.11. The Labute approximate surface area is 268 Å². The third-order valence-electron chi connectivity index (χ3n) is 8.47. The lowest BCUT2D eigenvalue weighted by Crippen LogP contribution is -2.60. The van der Waals surface area contributed by atoms with Gasteiger partial charge in [-0.3, -0.25) is 24.0 Å². The van der Waals surface area contributed by atoms with Crippen molar-refractivity contribution in [3.05, 3.63) is 0 Å². The molecule has 0 aromatic rings. The second-order valence-electron chi connectivity index (χ2n) is 13.9. The van der Waals surface area contributed by atoms with Gasteiger partial charge in [0.2, 0.25) is 17.6 Å². The predicted octanol–water partition coefficient (Wildman–Crippen LogP) is 3.35. The van der Waals surface area contributed by atoms with Crippen LogP contribution in [-0.2, 0) is 28.7 Å². The summed E-state index contributed by atoms with van der Waals surface area (Å²) in [5.41, 5.74) is 4.47. The average Bonchev–Trinajstić information content (AvgIpc) is 3.58. The minimum absolute atomic E-state index is 0.258. The van der Waals surface area contributed by atoms with Gasteiger partial charge in [0, 0.05) is 6.54 Å². The molecule has 4 aliphatic rings. The van der Waals surface area contributed by atoms with E-state index in [1.54, 1.807) is 20.8 Å². The summed E-state index contributed by atoms with van der Waals surface area (Å²) in [4.78, 5) is 76.4. The van der Waals surface area contributed by atoms with Crippen LogP contribution < -0.4 is 21.7 Å². The fraction of sp³-hybridized carbons (Fsp3) is 0.818. The van der Waals surface area contributed by atoms with Gasteiger partial charge in [-0.1, -0.05) is 86.0 Å². The molecule has 0 radical (unpaired) electrons. The number of esters is 1. The number of likely N-dealkylation sites (tertiary alicyclic amines) is 1. The first kappa shape index (κ1) is 38.0. The highest BCUT2D eigenvalue weighted by Gasteiger charge is 2.43. The van der Waals surface area contributed by atoms with Gasteiger partial charge < -0.3 is 31.3 Å². The van der Waals surface area contributed by atoms with Crippen molar-refractivity contribution in [3.8, 4) is 0 Å². The summed E-state index contributed by atoms with van der Waals surface area (Å²) >= 11 is 0. The Balaban J connectivity index is 0.000000898. The molecule has 1 heterocycles. The van der Waals surface area contributed by atoms with E-state index < -0.39 is 59.0 Å². The lowest BCUT2D eigenvalue weighted by molar-refractivity contribution is -0.144. The Morgan fingerprint density at radius 2 is 1.44 bits per heavy atom. The summed E-state index contributed by atoms with van der Waals surface area (Å²) in [5, 5.41) is 7.73. The molecule has 4 fully saturated rings. The highest BCUT2D eigenvalue weighted by Crippen LogP contribution is 2.34. The van der Waals surface area contributed by atoms with Crippen molar-refractivity contribution < 1.29 is 33.5 Å². The van der Waals surface area contributed by atoms with E-state index in [9.17, 15) is 28.8 Å². The number of primary amides is 1. The molecule has 0 aromatic carbocycles. The van der Waals surface area contributed by atoms with Gasteiger partial charge in [-0.05, 0) is 49.4 Å². The molecule has 1 saturated heterocycles. The number of urea groups is 1. The molecule has 12 nitrogen and oxygen atoms in total. The van der Waals surface area contributed by atoms with Gasteiger partial charge in [-0.2, -0.15) is 0 Å². The third kappa shape index (κ3) is 13.4. The first-order valence-corrected chi connectivity index (χ1v) is 16.9. The molecule has 12 heteroatoms. The molecule has 3 unspecified atom stereocenters. The van der Waals surface area contributed by atoms with Crippen LogP contribution in [0.5, 0.6) is 0 Å². The summed E-state index contributed by atoms with van der Waals surface area (Å²) in [5.74, 6) is -2.83. The molecule has 5 amide bonds.